The molecule has 0 saturated heterocycles. The first-order valence-electron chi connectivity index (χ1n) is 11.0. The van der Waals surface area contributed by atoms with Gasteiger partial charge in [-0.15, -0.1) is 0 Å². The summed E-state index contributed by atoms with van der Waals surface area (Å²) < 4.78 is 32.7. The van der Waals surface area contributed by atoms with Crippen LogP contribution in [0.1, 0.15) is 28.2 Å². The van der Waals surface area contributed by atoms with Crippen molar-refractivity contribution in [2.24, 2.45) is 0 Å². The molecular formula is C26H28N2O4S. The molecule has 0 fully saturated rings. The number of rotatable bonds is 8. The minimum absolute atomic E-state index is 0.0588. The standard InChI is InChI=1S/C26H28N2O4S/c1-32-24-13-12-23-19-28(16-14-22(23)18-24)33(30,31)17-15-27-26(29)25(20-8-4-2-5-9-20)21-10-6-3-7-11-21/h2-13,18,25H,14-17,19H2,1H3,(H,27,29). The summed E-state index contributed by atoms with van der Waals surface area (Å²) in [5.74, 6) is -0.0645. The van der Waals surface area contributed by atoms with Gasteiger partial charge in [-0.3, -0.25) is 4.79 Å². The number of hydrogen-bond donors (Lipinski definition) is 1. The highest BCUT2D eigenvalue weighted by Gasteiger charge is 2.28. The lowest BCUT2D eigenvalue weighted by molar-refractivity contribution is -0.121. The second-order valence-corrected chi connectivity index (χ2v) is 10.2. The molecule has 172 valence electrons. The number of carbonyl (C=O) groups excluding carboxylic acids is 1. The third-order valence-corrected chi connectivity index (χ3v) is 7.79. The number of methoxy groups -OCH3 is 1. The Hall–Kier alpha value is -3.16. The molecule has 0 bridgehead atoms. The number of ether oxygens (including phenoxy) is 1. The van der Waals surface area contributed by atoms with Gasteiger partial charge in [-0.05, 0) is 40.8 Å². The van der Waals surface area contributed by atoms with Crippen LogP contribution in [-0.2, 0) is 27.8 Å². The lowest BCUT2D eigenvalue weighted by atomic mass is 9.90. The second-order valence-electron chi connectivity index (χ2n) is 8.08. The summed E-state index contributed by atoms with van der Waals surface area (Å²) in [7, 11) is -1.88. The molecule has 3 aromatic rings. The van der Waals surface area contributed by atoms with E-state index in [1.54, 1.807) is 7.11 Å². The van der Waals surface area contributed by atoms with Gasteiger partial charge in [0.2, 0.25) is 15.9 Å². The van der Waals surface area contributed by atoms with Gasteiger partial charge in [0.25, 0.3) is 0 Å². The van der Waals surface area contributed by atoms with E-state index in [2.05, 4.69) is 5.32 Å². The lowest BCUT2D eigenvalue weighted by Gasteiger charge is -2.28. The Morgan fingerprint density at radius 1 is 0.970 bits per heavy atom. The topological polar surface area (TPSA) is 75.7 Å². The van der Waals surface area contributed by atoms with E-state index in [0.29, 0.717) is 19.5 Å². The summed E-state index contributed by atoms with van der Waals surface area (Å²) in [6.45, 7) is 0.822. The van der Waals surface area contributed by atoms with Gasteiger partial charge in [0.1, 0.15) is 5.75 Å². The first-order chi connectivity index (χ1) is 16.0. The van der Waals surface area contributed by atoms with Gasteiger partial charge < -0.3 is 10.1 Å². The van der Waals surface area contributed by atoms with E-state index >= 15 is 0 Å². The zero-order valence-electron chi connectivity index (χ0n) is 18.6. The monoisotopic (exact) mass is 464 g/mol. The largest absolute Gasteiger partial charge is 0.497 e. The summed E-state index contributed by atoms with van der Waals surface area (Å²) in [5, 5.41) is 2.85. The average molecular weight is 465 g/mol. The number of nitrogens with zero attached hydrogens (tertiary/aromatic N) is 1. The first kappa shape index (κ1) is 23.0. The van der Waals surface area contributed by atoms with Crippen LogP contribution in [0, 0.1) is 0 Å². The molecule has 0 aliphatic carbocycles. The summed E-state index contributed by atoms with van der Waals surface area (Å²) in [6.07, 6.45) is 0.641. The van der Waals surface area contributed by atoms with Crippen LogP contribution < -0.4 is 10.1 Å². The van der Waals surface area contributed by atoms with Gasteiger partial charge in [0.15, 0.2) is 0 Å². The maximum Gasteiger partial charge on any atom is 0.232 e. The fraction of sp³-hybridized carbons (Fsp3) is 0.269. The molecule has 0 spiro atoms. The van der Waals surface area contributed by atoms with Crippen molar-refractivity contribution in [1.82, 2.24) is 9.62 Å². The molecule has 0 saturated carbocycles. The van der Waals surface area contributed by atoms with Crippen LogP contribution in [0.2, 0.25) is 0 Å². The number of fused-ring (bicyclic) bond motifs is 1. The summed E-state index contributed by atoms with van der Waals surface area (Å²) in [4.78, 5) is 13.1. The lowest BCUT2D eigenvalue weighted by Crippen LogP contribution is -2.41. The van der Waals surface area contributed by atoms with Crippen molar-refractivity contribution in [2.75, 3.05) is 26.0 Å². The van der Waals surface area contributed by atoms with Gasteiger partial charge in [0, 0.05) is 19.6 Å². The maximum absolute atomic E-state index is 13.1. The zero-order chi connectivity index (χ0) is 23.3. The first-order valence-corrected chi connectivity index (χ1v) is 12.6. The number of benzene rings is 3. The average Bonchev–Trinajstić information content (AvgIpc) is 2.84. The molecule has 7 heteroatoms. The van der Waals surface area contributed by atoms with Gasteiger partial charge >= 0.3 is 0 Å². The van der Waals surface area contributed by atoms with Crippen molar-refractivity contribution >= 4 is 15.9 Å². The van der Waals surface area contributed by atoms with Crippen molar-refractivity contribution in [1.29, 1.82) is 0 Å². The molecule has 0 atom stereocenters. The van der Waals surface area contributed by atoms with Crippen LogP contribution in [-0.4, -0.2) is 44.6 Å². The highest BCUT2D eigenvalue weighted by molar-refractivity contribution is 7.89. The molecule has 3 aromatic carbocycles. The Balaban J connectivity index is 1.40. The minimum atomic E-state index is -3.51. The van der Waals surface area contributed by atoms with E-state index in [1.165, 1.54) is 4.31 Å². The Kier molecular flexibility index (Phi) is 7.11. The van der Waals surface area contributed by atoms with E-state index in [-0.39, 0.29) is 18.2 Å². The van der Waals surface area contributed by atoms with Crippen molar-refractivity contribution in [3.63, 3.8) is 0 Å². The molecule has 1 heterocycles. The molecule has 0 radical (unpaired) electrons. The van der Waals surface area contributed by atoms with Crippen LogP contribution in [0.3, 0.4) is 0 Å². The van der Waals surface area contributed by atoms with Crippen LogP contribution in [0.5, 0.6) is 5.75 Å². The number of carbonyl (C=O) groups is 1. The van der Waals surface area contributed by atoms with Gasteiger partial charge in [-0.1, -0.05) is 66.7 Å². The predicted molar refractivity (Wildman–Crippen MR) is 129 cm³/mol. The fourth-order valence-corrected chi connectivity index (χ4v) is 5.51. The molecule has 1 amide bonds. The van der Waals surface area contributed by atoms with E-state index in [4.69, 9.17) is 4.74 Å². The van der Waals surface area contributed by atoms with E-state index in [1.807, 2.05) is 78.9 Å². The number of nitrogens with one attached hydrogen (secondary N) is 1. The molecule has 6 nitrogen and oxygen atoms in total. The molecule has 1 aliphatic rings. The quantitative estimate of drug-likeness (QED) is 0.555. The Morgan fingerprint density at radius 3 is 2.21 bits per heavy atom. The zero-order valence-corrected chi connectivity index (χ0v) is 19.4. The highest BCUT2D eigenvalue weighted by atomic mass is 32.2. The highest BCUT2D eigenvalue weighted by Crippen LogP contribution is 2.26. The maximum atomic E-state index is 13.1. The SMILES string of the molecule is COc1ccc2c(c1)CCN(S(=O)(=O)CCNC(=O)C(c1ccccc1)c1ccccc1)C2. The number of sulfonamides is 1. The van der Waals surface area contributed by atoms with Gasteiger partial charge in [0.05, 0.1) is 18.8 Å². The fourth-order valence-electron chi connectivity index (χ4n) is 4.19. The molecule has 1 N–H and O–H groups in total. The summed E-state index contributed by atoms with van der Waals surface area (Å²) in [6, 6.07) is 24.8. The van der Waals surface area contributed by atoms with Crippen LogP contribution in [0.15, 0.2) is 78.9 Å². The molecule has 0 unspecified atom stereocenters. The van der Waals surface area contributed by atoms with E-state index in [9.17, 15) is 13.2 Å². The minimum Gasteiger partial charge on any atom is -0.497 e. The van der Waals surface area contributed by atoms with Crippen molar-refractivity contribution < 1.29 is 17.9 Å². The molecular weight excluding hydrogens is 436 g/mol. The number of hydrogen-bond acceptors (Lipinski definition) is 4. The van der Waals surface area contributed by atoms with Crippen molar-refractivity contribution in [3.8, 4) is 5.75 Å². The second kappa shape index (κ2) is 10.2. The smallest absolute Gasteiger partial charge is 0.232 e. The van der Waals surface area contributed by atoms with E-state index in [0.717, 1.165) is 28.0 Å². The normalized spacial score (nSPS) is 14.0. The molecule has 4 rings (SSSR count). The Labute approximate surface area is 195 Å². The third-order valence-electron chi connectivity index (χ3n) is 5.97. The summed E-state index contributed by atoms with van der Waals surface area (Å²) in [5.41, 5.74) is 3.84. The molecule has 0 aromatic heterocycles. The van der Waals surface area contributed by atoms with Crippen molar-refractivity contribution in [2.45, 2.75) is 18.9 Å². The van der Waals surface area contributed by atoms with Crippen molar-refractivity contribution in [3.05, 3.63) is 101 Å². The Bertz CT molecular complexity index is 1160. The van der Waals surface area contributed by atoms with E-state index < -0.39 is 15.9 Å². The summed E-state index contributed by atoms with van der Waals surface area (Å²) >= 11 is 0. The predicted octanol–water partition coefficient (Wildman–Crippen LogP) is 3.33. The van der Waals surface area contributed by atoms with Crippen LogP contribution in [0.25, 0.3) is 0 Å². The van der Waals surface area contributed by atoms with Gasteiger partial charge in [-0.2, -0.15) is 4.31 Å². The molecule has 1 aliphatic heterocycles. The van der Waals surface area contributed by atoms with Crippen LogP contribution >= 0.6 is 0 Å². The third kappa shape index (κ3) is 5.43. The van der Waals surface area contributed by atoms with Crippen LogP contribution in [0.4, 0.5) is 0 Å². The molecule has 33 heavy (non-hydrogen) atoms. The van der Waals surface area contributed by atoms with Gasteiger partial charge in [-0.25, -0.2) is 8.42 Å². The number of amides is 1. The Morgan fingerprint density at radius 2 is 1.61 bits per heavy atom.